The molecule has 0 saturated heterocycles. The Morgan fingerprint density at radius 3 is 1.83 bits per heavy atom. The summed E-state index contributed by atoms with van der Waals surface area (Å²) in [6, 6.07) is 14.4. The van der Waals surface area contributed by atoms with Crippen molar-refractivity contribution < 1.29 is 14.3 Å². The summed E-state index contributed by atoms with van der Waals surface area (Å²) in [5, 5.41) is 0. The first kappa shape index (κ1) is 17.9. The number of benzene rings is 2. The first-order chi connectivity index (χ1) is 11.5. The monoisotopic (exact) mass is 324 g/mol. The topological polar surface area (TPSA) is 43.4 Å². The van der Waals surface area contributed by atoms with E-state index >= 15 is 0 Å². The van der Waals surface area contributed by atoms with Crippen LogP contribution in [-0.4, -0.2) is 18.2 Å². The summed E-state index contributed by atoms with van der Waals surface area (Å²) in [5.74, 6) is 0.838. The highest BCUT2D eigenvalue weighted by atomic mass is 16.5. The molecule has 0 bridgehead atoms. The molecule has 0 atom stereocenters. The Morgan fingerprint density at radius 1 is 0.875 bits per heavy atom. The first-order valence-electron chi connectivity index (χ1n) is 8.40. The van der Waals surface area contributed by atoms with E-state index in [9.17, 15) is 9.59 Å². The molecule has 2 rings (SSSR count). The third-order valence-corrected chi connectivity index (χ3v) is 3.87. The molecular weight excluding hydrogens is 300 g/mol. The van der Waals surface area contributed by atoms with E-state index in [4.69, 9.17) is 4.74 Å². The van der Waals surface area contributed by atoms with Gasteiger partial charge in [-0.3, -0.25) is 9.59 Å². The van der Waals surface area contributed by atoms with E-state index in [-0.39, 0.29) is 18.0 Å². The van der Waals surface area contributed by atoms with Gasteiger partial charge >= 0.3 is 0 Å². The van der Waals surface area contributed by atoms with Gasteiger partial charge in [0.15, 0.2) is 11.6 Å². The number of hydrogen-bond donors (Lipinski definition) is 0. The summed E-state index contributed by atoms with van der Waals surface area (Å²) in [6.45, 7) is 6.90. The zero-order valence-electron chi connectivity index (χ0n) is 14.5. The molecular formula is C21H24O3. The lowest BCUT2D eigenvalue weighted by atomic mass is 9.98. The Morgan fingerprint density at radius 2 is 1.38 bits per heavy atom. The van der Waals surface area contributed by atoms with Crippen molar-refractivity contribution in [3.05, 3.63) is 65.2 Å². The van der Waals surface area contributed by atoms with Crippen LogP contribution in [0.4, 0.5) is 0 Å². The minimum Gasteiger partial charge on any atom is -0.494 e. The maximum atomic E-state index is 12.3. The number of Topliss-reactive ketones (excluding diaryl/α,β-unsaturated/α-hetero) is 2. The van der Waals surface area contributed by atoms with Crippen molar-refractivity contribution in [3.8, 4) is 5.75 Å². The molecule has 0 spiro atoms. The van der Waals surface area contributed by atoms with Gasteiger partial charge in [-0.05, 0) is 42.2 Å². The molecule has 3 heteroatoms. The molecule has 0 unspecified atom stereocenters. The standard InChI is InChI=1S/C21H24O3/c1-4-13-24-19-11-9-18(10-12-19)21(23)14-20(22)17-7-5-16(6-8-17)15(2)3/h5-12,15H,4,13-14H2,1-3H3. The molecule has 3 nitrogen and oxygen atoms in total. The highest BCUT2D eigenvalue weighted by Crippen LogP contribution is 2.17. The number of rotatable bonds is 8. The number of ketones is 2. The largest absolute Gasteiger partial charge is 0.494 e. The molecule has 0 saturated carbocycles. The maximum absolute atomic E-state index is 12.3. The van der Waals surface area contributed by atoms with Gasteiger partial charge in [0.1, 0.15) is 5.75 Å². The summed E-state index contributed by atoms with van der Waals surface area (Å²) in [4.78, 5) is 24.5. The third kappa shape index (κ3) is 4.79. The summed E-state index contributed by atoms with van der Waals surface area (Å²) in [5.41, 5.74) is 2.29. The molecule has 0 aliphatic rings. The van der Waals surface area contributed by atoms with Crippen molar-refractivity contribution in [2.45, 2.75) is 39.5 Å². The van der Waals surface area contributed by atoms with E-state index in [0.717, 1.165) is 12.2 Å². The van der Waals surface area contributed by atoms with Gasteiger partial charge in [0.05, 0.1) is 13.0 Å². The van der Waals surface area contributed by atoms with Crippen molar-refractivity contribution in [3.63, 3.8) is 0 Å². The summed E-state index contributed by atoms with van der Waals surface area (Å²) >= 11 is 0. The van der Waals surface area contributed by atoms with Crippen LogP contribution >= 0.6 is 0 Å². The Labute approximate surface area is 143 Å². The average Bonchev–Trinajstić information content (AvgIpc) is 2.60. The van der Waals surface area contributed by atoms with E-state index in [2.05, 4.69) is 13.8 Å². The van der Waals surface area contributed by atoms with E-state index in [1.165, 1.54) is 5.56 Å². The highest BCUT2D eigenvalue weighted by molar-refractivity contribution is 6.13. The molecule has 2 aromatic rings. The molecule has 0 radical (unpaired) electrons. The second-order valence-corrected chi connectivity index (χ2v) is 6.17. The first-order valence-corrected chi connectivity index (χ1v) is 8.40. The fourth-order valence-electron chi connectivity index (χ4n) is 2.36. The van der Waals surface area contributed by atoms with Gasteiger partial charge in [-0.1, -0.05) is 45.0 Å². The number of carbonyl (C=O) groups is 2. The van der Waals surface area contributed by atoms with Crippen LogP contribution in [0.1, 0.15) is 65.8 Å². The Hall–Kier alpha value is -2.42. The molecule has 0 aliphatic heterocycles. The van der Waals surface area contributed by atoms with Gasteiger partial charge in [0.2, 0.25) is 0 Å². The van der Waals surface area contributed by atoms with E-state index in [1.807, 2.05) is 19.1 Å². The van der Waals surface area contributed by atoms with Gasteiger partial charge in [0.25, 0.3) is 0 Å². The van der Waals surface area contributed by atoms with Crippen LogP contribution in [-0.2, 0) is 0 Å². The number of carbonyl (C=O) groups excluding carboxylic acids is 2. The van der Waals surface area contributed by atoms with Crippen molar-refractivity contribution in [1.29, 1.82) is 0 Å². The Balaban J connectivity index is 1.99. The predicted octanol–water partition coefficient (Wildman–Crippen LogP) is 5.05. The van der Waals surface area contributed by atoms with Gasteiger partial charge < -0.3 is 4.74 Å². The molecule has 0 fully saturated rings. The molecule has 0 amide bonds. The van der Waals surface area contributed by atoms with E-state index in [1.54, 1.807) is 36.4 Å². The van der Waals surface area contributed by atoms with Crippen LogP contribution in [0.25, 0.3) is 0 Å². The van der Waals surface area contributed by atoms with Gasteiger partial charge in [-0.25, -0.2) is 0 Å². The van der Waals surface area contributed by atoms with Crippen molar-refractivity contribution >= 4 is 11.6 Å². The SMILES string of the molecule is CCCOc1ccc(C(=O)CC(=O)c2ccc(C(C)C)cc2)cc1. The van der Waals surface area contributed by atoms with Crippen molar-refractivity contribution in [2.24, 2.45) is 0 Å². The number of ether oxygens (including phenoxy) is 1. The summed E-state index contributed by atoms with van der Waals surface area (Å²) in [7, 11) is 0. The van der Waals surface area contributed by atoms with Crippen LogP contribution < -0.4 is 4.74 Å². The predicted molar refractivity (Wildman–Crippen MR) is 96.0 cm³/mol. The van der Waals surface area contributed by atoms with Crippen LogP contribution in [0.3, 0.4) is 0 Å². The minimum absolute atomic E-state index is 0.115. The summed E-state index contributed by atoms with van der Waals surface area (Å²) < 4.78 is 5.49. The van der Waals surface area contributed by atoms with Gasteiger partial charge in [0, 0.05) is 11.1 Å². The Kier molecular flexibility index (Phi) is 6.30. The maximum Gasteiger partial charge on any atom is 0.170 e. The minimum atomic E-state index is -0.171. The molecule has 24 heavy (non-hydrogen) atoms. The van der Waals surface area contributed by atoms with E-state index in [0.29, 0.717) is 23.7 Å². The lowest BCUT2D eigenvalue weighted by molar-refractivity contribution is 0.0894. The van der Waals surface area contributed by atoms with Crippen molar-refractivity contribution in [1.82, 2.24) is 0 Å². The van der Waals surface area contributed by atoms with Crippen LogP contribution in [0, 0.1) is 0 Å². The number of hydrogen-bond acceptors (Lipinski definition) is 3. The summed E-state index contributed by atoms with van der Waals surface area (Å²) in [6.07, 6.45) is 0.820. The molecule has 126 valence electrons. The molecule has 0 aliphatic carbocycles. The Bertz CT molecular complexity index is 682. The fourth-order valence-corrected chi connectivity index (χ4v) is 2.36. The van der Waals surface area contributed by atoms with Crippen LogP contribution in [0.15, 0.2) is 48.5 Å². The zero-order valence-corrected chi connectivity index (χ0v) is 14.5. The second kappa shape index (κ2) is 8.44. The fraction of sp³-hybridized carbons (Fsp3) is 0.333. The van der Waals surface area contributed by atoms with Crippen LogP contribution in [0.5, 0.6) is 5.75 Å². The normalized spacial score (nSPS) is 10.7. The molecule has 0 aromatic heterocycles. The second-order valence-electron chi connectivity index (χ2n) is 6.17. The molecule has 0 N–H and O–H groups in total. The van der Waals surface area contributed by atoms with Crippen molar-refractivity contribution in [2.75, 3.05) is 6.61 Å². The van der Waals surface area contributed by atoms with E-state index < -0.39 is 0 Å². The average molecular weight is 324 g/mol. The van der Waals surface area contributed by atoms with Gasteiger partial charge in [-0.2, -0.15) is 0 Å². The van der Waals surface area contributed by atoms with Crippen LogP contribution in [0.2, 0.25) is 0 Å². The smallest absolute Gasteiger partial charge is 0.170 e. The lowest BCUT2D eigenvalue weighted by Gasteiger charge is -2.07. The third-order valence-electron chi connectivity index (χ3n) is 3.87. The van der Waals surface area contributed by atoms with Gasteiger partial charge in [-0.15, -0.1) is 0 Å². The quantitative estimate of drug-likeness (QED) is 0.504. The molecule has 2 aromatic carbocycles. The zero-order chi connectivity index (χ0) is 17.5. The lowest BCUT2D eigenvalue weighted by Crippen LogP contribution is -2.09. The molecule has 0 heterocycles. The highest BCUT2D eigenvalue weighted by Gasteiger charge is 2.14.